The van der Waals surface area contributed by atoms with Gasteiger partial charge < -0.3 is 9.47 Å². The zero-order valence-corrected chi connectivity index (χ0v) is 20.9. The molecule has 3 aromatic rings. The van der Waals surface area contributed by atoms with Gasteiger partial charge in [0, 0.05) is 30.2 Å². The van der Waals surface area contributed by atoms with Gasteiger partial charge in [0.25, 0.3) is 11.1 Å². The molecule has 6 nitrogen and oxygen atoms in total. The van der Waals surface area contributed by atoms with Crippen molar-refractivity contribution in [1.29, 1.82) is 0 Å². The molecule has 5 rings (SSSR count). The molecule has 2 aliphatic rings. The Kier molecular flexibility index (Phi) is 6.11. The molecule has 2 aliphatic heterocycles. The van der Waals surface area contributed by atoms with Gasteiger partial charge in [-0.3, -0.25) is 19.3 Å². The molecule has 0 radical (unpaired) electrons. The number of carbonyl (C=O) groups is 3. The van der Waals surface area contributed by atoms with Crippen LogP contribution in [0.25, 0.3) is 11.8 Å². The van der Waals surface area contributed by atoms with Gasteiger partial charge in [-0.05, 0) is 79.9 Å². The summed E-state index contributed by atoms with van der Waals surface area (Å²) in [5.41, 5.74) is 7.51. The smallest absolute Gasteiger partial charge is 0.294 e. The maximum absolute atomic E-state index is 13.1. The number of rotatable bonds is 4. The number of benzene rings is 2. The Bertz CT molecular complexity index is 1370. The van der Waals surface area contributed by atoms with Gasteiger partial charge in [0.05, 0.1) is 4.91 Å². The van der Waals surface area contributed by atoms with Crippen LogP contribution >= 0.6 is 11.8 Å². The standard InChI is InChI=1S/C28H27N3O3S/c1-18-8-10-24(11-9-18)31-19(2)14-23(20(31)3)15-25-27(33)30(28(34)35-25)17-26(32)29-13-12-21-6-4-5-7-22(21)16-29/h4-11,14-15H,12-13,16-17H2,1-3H3/b25-15+. The lowest BCUT2D eigenvalue weighted by Gasteiger charge is -2.29. The lowest BCUT2D eigenvalue weighted by molar-refractivity contribution is -0.136. The van der Waals surface area contributed by atoms with Crippen LogP contribution in [0.2, 0.25) is 0 Å². The molecule has 3 amide bonds. The number of nitrogens with zero attached hydrogens (tertiary/aromatic N) is 3. The highest BCUT2D eigenvalue weighted by atomic mass is 32.2. The number of imide groups is 1. The molecular formula is C28H27N3O3S. The van der Waals surface area contributed by atoms with Crippen LogP contribution in [0.4, 0.5) is 4.79 Å². The first kappa shape index (κ1) is 23.2. The predicted octanol–water partition coefficient (Wildman–Crippen LogP) is 5.02. The van der Waals surface area contributed by atoms with Crippen molar-refractivity contribution in [3.05, 3.63) is 93.1 Å². The quantitative estimate of drug-likeness (QED) is 0.487. The van der Waals surface area contributed by atoms with Crippen molar-refractivity contribution >= 4 is 34.9 Å². The predicted molar refractivity (Wildman–Crippen MR) is 138 cm³/mol. The second-order valence-electron chi connectivity index (χ2n) is 9.10. The van der Waals surface area contributed by atoms with Crippen LogP contribution < -0.4 is 0 Å². The molecule has 1 fully saturated rings. The van der Waals surface area contributed by atoms with Gasteiger partial charge in [-0.15, -0.1) is 0 Å². The summed E-state index contributed by atoms with van der Waals surface area (Å²) in [6.07, 6.45) is 2.54. The van der Waals surface area contributed by atoms with Crippen molar-refractivity contribution in [2.75, 3.05) is 13.1 Å². The third-order valence-corrected chi connectivity index (χ3v) is 7.61. The van der Waals surface area contributed by atoms with Crippen LogP contribution in [-0.4, -0.2) is 44.5 Å². The summed E-state index contributed by atoms with van der Waals surface area (Å²) in [7, 11) is 0. The summed E-state index contributed by atoms with van der Waals surface area (Å²) in [6.45, 7) is 6.94. The summed E-state index contributed by atoms with van der Waals surface area (Å²) in [6, 6.07) is 18.3. The Morgan fingerprint density at radius 2 is 1.71 bits per heavy atom. The fourth-order valence-electron chi connectivity index (χ4n) is 4.75. The zero-order chi connectivity index (χ0) is 24.7. The number of amides is 3. The van der Waals surface area contributed by atoms with E-state index in [9.17, 15) is 14.4 Å². The fourth-order valence-corrected chi connectivity index (χ4v) is 5.58. The van der Waals surface area contributed by atoms with Crippen LogP contribution in [-0.2, 0) is 22.6 Å². The Hall–Kier alpha value is -3.58. The minimum Gasteiger partial charge on any atom is -0.336 e. The minimum absolute atomic E-state index is 0.208. The highest BCUT2D eigenvalue weighted by molar-refractivity contribution is 8.18. The Morgan fingerprint density at radius 1 is 1.00 bits per heavy atom. The molecule has 1 aromatic heterocycles. The van der Waals surface area contributed by atoms with E-state index >= 15 is 0 Å². The zero-order valence-electron chi connectivity index (χ0n) is 20.1. The van der Waals surface area contributed by atoms with Crippen molar-refractivity contribution in [2.45, 2.75) is 33.7 Å². The average Bonchev–Trinajstić information content (AvgIpc) is 3.28. The molecule has 0 saturated carbocycles. The maximum atomic E-state index is 13.1. The number of aryl methyl sites for hydroxylation is 2. The minimum atomic E-state index is -0.411. The number of hydrogen-bond donors (Lipinski definition) is 0. The van der Waals surface area contributed by atoms with Crippen LogP contribution in [0.5, 0.6) is 0 Å². The molecule has 0 atom stereocenters. The number of hydrogen-bond acceptors (Lipinski definition) is 4. The van der Waals surface area contributed by atoms with Gasteiger partial charge in [-0.25, -0.2) is 0 Å². The van der Waals surface area contributed by atoms with E-state index in [0.717, 1.165) is 51.3 Å². The van der Waals surface area contributed by atoms with E-state index in [1.54, 1.807) is 11.0 Å². The first-order chi connectivity index (χ1) is 16.8. The van der Waals surface area contributed by atoms with Crippen molar-refractivity contribution in [3.8, 4) is 5.69 Å². The van der Waals surface area contributed by atoms with Gasteiger partial charge in [-0.2, -0.15) is 0 Å². The molecular weight excluding hydrogens is 458 g/mol. The average molecular weight is 486 g/mol. The highest BCUT2D eigenvalue weighted by Crippen LogP contribution is 2.34. The highest BCUT2D eigenvalue weighted by Gasteiger charge is 2.37. The summed E-state index contributed by atoms with van der Waals surface area (Å²) >= 11 is 0.894. The normalized spacial score (nSPS) is 16.8. The van der Waals surface area contributed by atoms with Crippen molar-refractivity contribution in [3.63, 3.8) is 0 Å². The number of carbonyl (C=O) groups excluding carboxylic acids is 3. The topological polar surface area (TPSA) is 62.6 Å². The number of aromatic nitrogens is 1. The second-order valence-corrected chi connectivity index (χ2v) is 10.1. The Balaban J connectivity index is 1.33. The Morgan fingerprint density at radius 3 is 2.46 bits per heavy atom. The molecule has 0 aliphatic carbocycles. The SMILES string of the molecule is Cc1ccc(-n2c(C)cc(/C=C3/SC(=O)N(CC(=O)N4CCc5ccccc5C4)C3=O)c2C)cc1. The van der Waals surface area contributed by atoms with Gasteiger partial charge in [0.1, 0.15) is 6.54 Å². The van der Waals surface area contributed by atoms with Crippen molar-refractivity contribution in [2.24, 2.45) is 0 Å². The van der Waals surface area contributed by atoms with E-state index in [1.165, 1.54) is 11.1 Å². The van der Waals surface area contributed by atoms with Crippen LogP contribution in [0.1, 0.15) is 33.6 Å². The maximum Gasteiger partial charge on any atom is 0.294 e. The van der Waals surface area contributed by atoms with Gasteiger partial charge >= 0.3 is 0 Å². The first-order valence-electron chi connectivity index (χ1n) is 11.7. The molecule has 0 N–H and O–H groups in total. The summed E-state index contributed by atoms with van der Waals surface area (Å²) in [4.78, 5) is 41.8. The largest absolute Gasteiger partial charge is 0.336 e. The second kappa shape index (κ2) is 9.23. The van der Waals surface area contributed by atoms with E-state index in [2.05, 4.69) is 41.8 Å². The van der Waals surface area contributed by atoms with Crippen molar-refractivity contribution in [1.82, 2.24) is 14.4 Å². The van der Waals surface area contributed by atoms with E-state index in [4.69, 9.17) is 0 Å². The van der Waals surface area contributed by atoms with Crippen LogP contribution in [0, 0.1) is 20.8 Å². The van der Waals surface area contributed by atoms with Gasteiger partial charge in [0.2, 0.25) is 5.91 Å². The number of fused-ring (bicyclic) bond motifs is 1. The molecule has 1 saturated heterocycles. The van der Waals surface area contributed by atoms with E-state index in [0.29, 0.717) is 18.0 Å². The fraction of sp³-hybridized carbons (Fsp3) is 0.250. The first-order valence-corrected chi connectivity index (χ1v) is 12.5. The molecule has 0 bridgehead atoms. The summed E-state index contributed by atoms with van der Waals surface area (Å²) < 4.78 is 2.13. The molecule has 35 heavy (non-hydrogen) atoms. The molecule has 178 valence electrons. The van der Waals surface area contributed by atoms with Crippen molar-refractivity contribution < 1.29 is 14.4 Å². The van der Waals surface area contributed by atoms with Gasteiger partial charge in [0.15, 0.2) is 0 Å². The van der Waals surface area contributed by atoms with Crippen LogP contribution in [0.15, 0.2) is 59.5 Å². The van der Waals surface area contributed by atoms with E-state index in [-0.39, 0.29) is 12.5 Å². The monoisotopic (exact) mass is 485 g/mol. The van der Waals surface area contributed by atoms with Gasteiger partial charge in [-0.1, -0.05) is 42.0 Å². The van der Waals surface area contributed by atoms with Crippen LogP contribution in [0.3, 0.4) is 0 Å². The molecule has 2 aromatic carbocycles. The third-order valence-electron chi connectivity index (χ3n) is 6.70. The molecule has 0 unspecified atom stereocenters. The third kappa shape index (κ3) is 4.44. The Labute approximate surface area is 209 Å². The lowest BCUT2D eigenvalue weighted by Crippen LogP contribution is -2.44. The number of thioether (sulfide) groups is 1. The molecule has 3 heterocycles. The van der Waals surface area contributed by atoms with E-state index in [1.807, 2.05) is 38.1 Å². The molecule has 0 spiro atoms. The van der Waals surface area contributed by atoms with E-state index < -0.39 is 11.1 Å². The molecule has 7 heteroatoms. The summed E-state index contributed by atoms with van der Waals surface area (Å²) in [5, 5.41) is -0.403. The summed E-state index contributed by atoms with van der Waals surface area (Å²) in [5.74, 6) is -0.619. The lowest BCUT2D eigenvalue weighted by atomic mass is 10.00.